The van der Waals surface area contributed by atoms with E-state index in [1.807, 2.05) is 61.5 Å². The fourth-order valence-corrected chi connectivity index (χ4v) is 3.79. The van der Waals surface area contributed by atoms with Crippen LogP contribution in [0.3, 0.4) is 0 Å². The van der Waals surface area contributed by atoms with Crippen molar-refractivity contribution in [3.05, 3.63) is 112 Å². The van der Waals surface area contributed by atoms with E-state index in [9.17, 15) is 9.18 Å². The molecule has 2 N–H and O–H groups in total. The topological polar surface area (TPSA) is 71.8 Å². The highest BCUT2D eigenvalue weighted by Gasteiger charge is 2.26. The van der Waals surface area contributed by atoms with Crippen molar-refractivity contribution in [2.24, 2.45) is 0 Å². The van der Waals surface area contributed by atoms with Crippen molar-refractivity contribution >= 4 is 47.5 Å². The van der Waals surface area contributed by atoms with E-state index in [1.165, 1.54) is 18.2 Å². The van der Waals surface area contributed by atoms with Gasteiger partial charge in [0.05, 0.1) is 5.56 Å². The van der Waals surface area contributed by atoms with Gasteiger partial charge in [-0.25, -0.2) is 9.07 Å². The highest BCUT2D eigenvalue weighted by Crippen LogP contribution is 2.33. The molecule has 1 aromatic heterocycles. The zero-order valence-electron chi connectivity index (χ0n) is 18.0. The van der Waals surface area contributed by atoms with E-state index in [0.717, 1.165) is 22.4 Å². The molecule has 0 fully saturated rings. The van der Waals surface area contributed by atoms with Crippen LogP contribution in [0.5, 0.6) is 0 Å². The minimum atomic E-state index is -0.620. The maximum Gasteiger partial charge on any atom is 0.261 e. The predicted octanol–water partition coefficient (Wildman–Crippen LogP) is 6.11. The summed E-state index contributed by atoms with van der Waals surface area (Å²) in [4.78, 5) is 17.0. The number of aryl methyl sites for hydroxylation is 1. The summed E-state index contributed by atoms with van der Waals surface area (Å²) in [6.07, 6.45) is 2.04. The Hall–Kier alpha value is -3.68. The number of carbonyl (C=O) groups excluding carboxylic acids is 1. The summed E-state index contributed by atoms with van der Waals surface area (Å²) in [5.41, 5.74) is 3.88. The number of fused-ring (bicyclic) bond motifs is 1. The van der Waals surface area contributed by atoms with Crippen LogP contribution in [0.2, 0.25) is 5.02 Å². The summed E-state index contributed by atoms with van der Waals surface area (Å²) in [5, 5.41) is 11.0. The van der Waals surface area contributed by atoms with E-state index < -0.39 is 11.7 Å². The zero-order chi connectivity index (χ0) is 22.9. The number of hydrogen-bond acceptors (Lipinski definition) is 4. The fraction of sp³-hybridized carbons (Fsp3) is 0.0800. The number of aromatic nitrogens is 3. The van der Waals surface area contributed by atoms with Crippen LogP contribution in [0, 0.1) is 12.7 Å². The van der Waals surface area contributed by atoms with Crippen molar-refractivity contribution in [3.63, 3.8) is 0 Å². The smallest absolute Gasteiger partial charge is 0.261 e. The molecule has 2 heterocycles. The number of carbonyl (C=O) groups is 1. The van der Waals surface area contributed by atoms with Gasteiger partial charge in [0.2, 0.25) is 5.95 Å². The molecule has 0 saturated heterocycles. The first kappa shape index (κ1) is 23.5. The lowest BCUT2D eigenvalue weighted by Gasteiger charge is -2.24. The van der Waals surface area contributed by atoms with Crippen molar-refractivity contribution < 1.29 is 9.18 Å². The number of anilines is 2. The van der Waals surface area contributed by atoms with Crippen LogP contribution in [-0.4, -0.2) is 20.7 Å². The Kier molecular flexibility index (Phi) is 6.68. The minimum Gasteiger partial charge on any atom is -0.324 e. The van der Waals surface area contributed by atoms with Crippen molar-refractivity contribution in [1.29, 1.82) is 0 Å². The third kappa shape index (κ3) is 4.66. The Morgan fingerprint density at radius 1 is 1.06 bits per heavy atom. The van der Waals surface area contributed by atoms with E-state index in [-0.39, 0.29) is 30.0 Å². The van der Waals surface area contributed by atoms with Gasteiger partial charge in [-0.15, -0.1) is 17.5 Å². The number of allylic oxidation sites excluding steroid dienone is 1. The van der Waals surface area contributed by atoms with Gasteiger partial charge < -0.3 is 5.32 Å². The molecule has 1 amide bonds. The molecule has 0 spiro atoms. The predicted molar refractivity (Wildman–Crippen MR) is 134 cm³/mol. The number of benzene rings is 3. The summed E-state index contributed by atoms with van der Waals surface area (Å²) in [6.45, 7) is 2.03. The van der Waals surface area contributed by atoms with Gasteiger partial charge in [0, 0.05) is 10.7 Å². The molecular formula is C25H20Cl2FN5O. The molecule has 0 bridgehead atoms. The van der Waals surface area contributed by atoms with Gasteiger partial charge in [0.15, 0.2) is 0 Å². The first-order chi connectivity index (χ1) is 16.0. The highest BCUT2D eigenvalue weighted by atomic mass is 35.5. The van der Waals surface area contributed by atoms with Gasteiger partial charge in [0.25, 0.3) is 11.9 Å². The number of rotatable bonds is 4. The number of hydrogen-bond donors (Lipinski definition) is 2. The second kappa shape index (κ2) is 9.67. The number of amides is 1. The fourth-order valence-electron chi connectivity index (χ4n) is 3.66. The Balaban J connectivity index is 0.00000274. The minimum absolute atomic E-state index is 0. The number of nitrogens with zero attached hydrogens (tertiary/aromatic N) is 3. The van der Waals surface area contributed by atoms with Gasteiger partial charge >= 0.3 is 0 Å². The van der Waals surface area contributed by atoms with Crippen LogP contribution >= 0.6 is 24.0 Å². The average molecular weight is 496 g/mol. The normalized spacial score (nSPS) is 14.3. The largest absolute Gasteiger partial charge is 0.324 e. The molecule has 9 heteroatoms. The Bertz CT molecular complexity index is 1370. The third-order valence-corrected chi connectivity index (χ3v) is 5.64. The van der Waals surface area contributed by atoms with E-state index in [0.29, 0.717) is 11.0 Å². The highest BCUT2D eigenvalue weighted by molar-refractivity contribution is 6.30. The van der Waals surface area contributed by atoms with E-state index in [2.05, 4.69) is 20.7 Å². The van der Waals surface area contributed by atoms with Crippen LogP contribution in [0.15, 0.2) is 78.9 Å². The lowest BCUT2D eigenvalue weighted by Crippen LogP contribution is -2.20. The molecule has 0 radical (unpaired) electrons. The van der Waals surface area contributed by atoms with Crippen LogP contribution in [0.4, 0.5) is 16.3 Å². The van der Waals surface area contributed by atoms with Crippen LogP contribution in [0.25, 0.3) is 5.70 Å². The summed E-state index contributed by atoms with van der Waals surface area (Å²) in [6, 6.07) is 21.1. The Morgan fingerprint density at radius 3 is 2.47 bits per heavy atom. The zero-order valence-corrected chi connectivity index (χ0v) is 19.6. The van der Waals surface area contributed by atoms with E-state index in [4.69, 9.17) is 11.6 Å². The third-order valence-electron chi connectivity index (χ3n) is 5.38. The van der Waals surface area contributed by atoms with Gasteiger partial charge in [-0.1, -0.05) is 65.7 Å². The molecular weight excluding hydrogens is 476 g/mol. The van der Waals surface area contributed by atoms with Crippen molar-refractivity contribution in [2.45, 2.75) is 13.0 Å². The summed E-state index contributed by atoms with van der Waals surface area (Å²) >= 11 is 6.08. The van der Waals surface area contributed by atoms with Gasteiger partial charge in [-0.3, -0.25) is 10.1 Å². The number of halogens is 3. The van der Waals surface area contributed by atoms with Crippen molar-refractivity contribution in [2.75, 3.05) is 10.6 Å². The molecule has 1 aliphatic rings. The molecule has 3 aromatic carbocycles. The summed E-state index contributed by atoms with van der Waals surface area (Å²) in [7, 11) is 0. The monoisotopic (exact) mass is 495 g/mol. The van der Waals surface area contributed by atoms with Crippen molar-refractivity contribution in [1.82, 2.24) is 14.8 Å². The van der Waals surface area contributed by atoms with Crippen molar-refractivity contribution in [3.8, 4) is 0 Å². The lowest BCUT2D eigenvalue weighted by molar-refractivity contribution is 0.102. The molecule has 1 aliphatic heterocycles. The van der Waals surface area contributed by atoms with Crippen LogP contribution < -0.4 is 10.6 Å². The molecule has 1 unspecified atom stereocenters. The summed E-state index contributed by atoms with van der Waals surface area (Å²) < 4.78 is 15.7. The molecule has 172 valence electrons. The first-order valence-corrected chi connectivity index (χ1v) is 10.7. The molecule has 34 heavy (non-hydrogen) atoms. The van der Waals surface area contributed by atoms with Crippen LogP contribution in [0.1, 0.15) is 33.1 Å². The standard InChI is InChI=1S/C25H19ClFN5O.ClH/c1-15-6-8-16(9-7-15)21-14-22(17-10-12-18(26)13-11-17)32-25(28-21)30-24(31-32)29-23(33)19-4-2-3-5-20(19)27;/h2-14,22H,1H3,(H2,28,29,30,31,33);1H. The maximum atomic E-state index is 14.0. The molecule has 6 nitrogen and oxygen atoms in total. The second-order valence-electron chi connectivity index (χ2n) is 7.71. The van der Waals surface area contributed by atoms with Gasteiger partial charge in [-0.2, -0.15) is 4.98 Å². The molecule has 0 saturated carbocycles. The molecule has 1 atom stereocenters. The Morgan fingerprint density at radius 2 is 1.76 bits per heavy atom. The SMILES string of the molecule is Cc1ccc(C2=CC(c3ccc(Cl)cc3)n3nc(NC(=O)c4ccccc4F)nc3N2)cc1.Cl. The van der Waals surface area contributed by atoms with E-state index >= 15 is 0 Å². The van der Waals surface area contributed by atoms with Gasteiger partial charge in [0.1, 0.15) is 11.9 Å². The number of nitrogens with one attached hydrogen (secondary N) is 2. The average Bonchev–Trinajstić information content (AvgIpc) is 3.22. The van der Waals surface area contributed by atoms with Gasteiger partial charge in [-0.05, 0) is 48.4 Å². The second-order valence-corrected chi connectivity index (χ2v) is 8.14. The molecule has 5 rings (SSSR count). The maximum absolute atomic E-state index is 14.0. The van der Waals surface area contributed by atoms with E-state index in [1.54, 1.807) is 10.7 Å². The first-order valence-electron chi connectivity index (χ1n) is 10.3. The lowest BCUT2D eigenvalue weighted by atomic mass is 10.0. The Labute approximate surface area is 206 Å². The summed E-state index contributed by atoms with van der Waals surface area (Å²) in [5.74, 6) is -0.703. The molecule has 0 aliphatic carbocycles. The molecule has 4 aromatic rings. The quantitative estimate of drug-likeness (QED) is 0.358. The van der Waals surface area contributed by atoms with Crippen LogP contribution in [-0.2, 0) is 0 Å².